The molecule has 1 aromatic carbocycles. The van der Waals surface area contributed by atoms with Crippen LogP contribution in [0.5, 0.6) is 0 Å². The van der Waals surface area contributed by atoms with Crippen molar-refractivity contribution in [2.45, 2.75) is 39.5 Å². The van der Waals surface area contributed by atoms with Crippen molar-refractivity contribution in [3.63, 3.8) is 0 Å². The number of aromatic nitrogens is 2. The van der Waals surface area contributed by atoms with Gasteiger partial charge in [-0.2, -0.15) is 5.10 Å². The zero-order valence-corrected chi connectivity index (χ0v) is 12.9. The highest BCUT2D eigenvalue weighted by atomic mass is 16.2. The summed E-state index contributed by atoms with van der Waals surface area (Å²) in [4.78, 5) is 23.2. The van der Waals surface area contributed by atoms with Gasteiger partial charge in [0.15, 0.2) is 0 Å². The van der Waals surface area contributed by atoms with Crippen LogP contribution in [0.25, 0.3) is 10.9 Å². The number of fused-ring (bicyclic) bond motifs is 1. The number of imide groups is 1. The van der Waals surface area contributed by atoms with Crippen molar-refractivity contribution < 1.29 is 9.59 Å². The van der Waals surface area contributed by atoms with Crippen LogP contribution in [0.4, 0.5) is 0 Å². The number of hydrogen-bond acceptors (Lipinski definition) is 3. The summed E-state index contributed by atoms with van der Waals surface area (Å²) < 4.78 is 1.79. The molecule has 5 nitrogen and oxygen atoms in total. The molecule has 0 saturated carbocycles. The lowest BCUT2D eigenvalue weighted by Crippen LogP contribution is -2.39. The molecule has 1 saturated heterocycles. The van der Waals surface area contributed by atoms with Crippen LogP contribution in [0.1, 0.15) is 43.9 Å². The number of piperidine rings is 1. The lowest BCUT2D eigenvalue weighted by molar-refractivity contribution is -0.134. The van der Waals surface area contributed by atoms with E-state index >= 15 is 0 Å². The molecule has 1 unspecified atom stereocenters. The van der Waals surface area contributed by atoms with E-state index in [0.29, 0.717) is 12.8 Å². The van der Waals surface area contributed by atoms with Crippen molar-refractivity contribution >= 4 is 22.7 Å². The van der Waals surface area contributed by atoms with Gasteiger partial charge in [-0.25, -0.2) is 0 Å². The summed E-state index contributed by atoms with van der Waals surface area (Å²) in [7, 11) is 1.87. The monoisotopic (exact) mass is 287 g/mol. The average molecular weight is 287 g/mol. The number of nitrogens with one attached hydrogen (secondary N) is 1. The summed E-state index contributed by atoms with van der Waals surface area (Å²) in [5.74, 6) is -0.765. The average Bonchev–Trinajstić information content (AvgIpc) is 2.78. The molecule has 1 aromatic heterocycles. The maximum atomic E-state index is 11.9. The molecule has 0 bridgehead atoms. The molecule has 0 aliphatic carbocycles. The van der Waals surface area contributed by atoms with E-state index < -0.39 is 0 Å². The van der Waals surface area contributed by atoms with E-state index in [2.05, 4.69) is 16.5 Å². The number of carbonyl (C=O) groups is 2. The molecule has 2 heterocycles. The fourth-order valence-electron chi connectivity index (χ4n) is 2.61. The number of rotatable bonds is 1. The Balaban J connectivity index is 0.000000774. The van der Waals surface area contributed by atoms with Crippen molar-refractivity contribution in [1.82, 2.24) is 15.1 Å². The summed E-state index contributed by atoms with van der Waals surface area (Å²) in [6.07, 6.45) is 0.908. The summed E-state index contributed by atoms with van der Waals surface area (Å²) in [6.45, 7) is 6.03. The molecule has 1 aliphatic heterocycles. The number of hydrogen-bond donors (Lipinski definition) is 1. The van der Waals surface area contributed by atoms with Gasteiger partial charge in [-0.3, -0.25) is 19.6 Å². The van der Waals surface area contributed by atoms with Crippen molar-refractivity contribution in [2.75, 3.05) is 0 Å². The molecular formula is C16H21N3O2. The maximum absolute atomic E-state index is 11.9. The highest BCUT2D eigenvalue weighted by molar-refractivity contribution is 6.02. The van der Waals surface area contributed by atoms with Crippen molar-refractivity contribution in [1.29, 1.82) is 0 Å². The Morgan fingerprint density at radius 2 is 2.00 bits per heavy atom. The van der Waals surface area contributed by atoms with E-state index in [1.54, 1.807) is 4.68 Å². The Morgan fingerprint density at radius 1 is 1.29 bits per heavy atom. The molecule has 112 valence electrons. The van der Waals surface area contributed by atoms with E-state index in [4.69, 9.17) is 0 Å². The topological polar surface area (TPSA) is 64.0 Å². The number of carbonyl (C=O) groups excluding carboxylic acids is 2. The highest BCUT2D eigenvalue weighted by Crippen LogP contribution is 2.30. The minimum atomic E-state index is -0.330. The lowest BCUT2D eigenvalue weighted by atomic mass is 9.92. The van der Waals surface area contributed by atoms with Crippen molar-refractivity contribution in [3.05, 3.63) is 29.5 Å². The molecule has 1 atom stereocenters. The standard InChI is InChI=1S/C14H15N3O2.C2H6/c1-8-3-4-9-11(7-8)17(2)16-13(9)10-5-6-12(18)15-14(10)19;1-2/h3-4,7,10H,5-6H2,1-2H3,(H,15,18,19);1-2H3. The normalized spacial score (nSPS) is 18.2. The van der Waals surface area contributed by atoms with Crippen LogP contribution >= 0.6 is 0 Å². The predicted octanol–water partition coefficient (Wildman–Crippen LogP) is 2.43. The Hall–Kier alpha value is -2.17. The van der Waals surface area contributed by atoms with Gasteiger partial charge in [0.2, 0.25) is 11.8 Å². The molecule has 2 amide bonds. The second-order valence-corrected chi connectivity index (χ2v) is 5.03. The number of benzene rings is 1. The van der Waals surface area contributed by atoms with Gasteiger partial charge >= 0.3 is 0 Å². The first-order valence-corrected chi connectivity index (χ1v) is 7.33. The minimum Gasteiger partial charge on any atom is -0.296 e. The van der Waals surface area contributed by atoms with Gasteiger partial charge in [0.1, 0.15) is 0 Å². The molecular weight excluding hydrogens is 266 g/mol. The van der Waals surface area contributed by atoms with E-state index in [1.165, 1.54) is 0 Å². The van der Waals surface area contributed by atoms with Gasteiger partial charge in [-0.15, -0.1) is 0 Å². The van der Waals surface area contributed by atoms with E-state index in [0.717, 1.165) is 22.2 Å². The van der Waals surface area contributed by atoms with E-state index in [-0.39, 0.29) is 17.7 Å². The lowest BCUT2D eigenvalue weighted by Gasteiger charge is -2.19. The third kappa shape index (κ3) is 2.82. The van der Waals surface area contributed by atoms with Crippen LogP contribution in [0.2, 0.25) is 0 Å². The number of nitrogens with zero attached hydrogens (tertiary/aromatic N) is 2. The minimum absolute atomic E-state index is 0.197. The molecule has 0 radical (unpaired) electrons. The Morgan fingerprint density at radius 3 is 2.67 bits per heavy atom. The smallest absolute Gasteiger partial charge is 0.235 e. The first-order chi connectivity index (χ1) is 10.1. The van der Waals surface area contributed by atoms with Crippen molar-refractivity contribution in [3.8, 4) is 0 Å². The van der Waals surface area contributed by atoms with Gasteiger partial charge in [0.05, 0.1) is 17.1 Å². The maximum Gasteiger partial charge on any atom is 0.235 e. The summed E-state index contributed by atoms with van der Waals surface area (Å²) in [6, 6.07) is 6.06. The Labute approximate surface area is 124 Å². The second-order valence-electron chi connectivity index (χ2n) is 5.03. The van der Waals surface area contributed by atoms with Gasteiger partial charge in [-0.05, 0) is 25.0 Å². The molecule has 1 aliphatic rings. The molecule has 3 rings (SSSR count). The molecule has 2 aromatic rings. The summed E-state index contributed by atoms with van der Waals surface area (Å²) >= 11 is 0. The zero-order chi connectivity index (χ0) is 15.6. The second kappa shape index (κ2) is 6.08. The van der Waals surface area contributed by atoms with Crippen LogP contribution in [-0.4, -0.2) is 21.6 Å². The van der Waals surface area contributed by atoms with E-state index in [9.17, 15) is 9.59 Å². The fourth-order valence-corrected chi connectivity index (χ4v) is 2.61. The quantitative estimate of drug-likeness (QED) is 0.819. The zero-order valence-electron chi connectivity index (χ0n) is 12.9. The van der Waals surface area contributed by atoms with Crippen LogP contribution in [0.3, 0.4) is 0 Å². The van der Waals surface area contributed by atoms with Crippen LogP contribution in [0, 0.1) is 6.92 Å². The van der Waals surface area contributed by atoms with Gasteiger partial charge in [0, 0.05) is 18.9 Å². The van der Waals surface area contributed by atoms with Crippen LogP contribution in [-0.2, 0) is 16.6 Å². The third-order valence-electron chi connectivity index (χ3n) is 3.60. The SMILES string of the molecule is CC.Cc1ccc2c(C3CCC(=O)NC3=O)nn(C)c2c1. The third-order valence-corrected chi connectivity index (χ3v) is 3.60. The first-order valence-electron chi connectivity index (χ1n) is 7.33. The van der Waals surface area contributed by atoms with Crippen LogP contribution in [0.15, 0.2) is 18.2 Å². The highest BCUT2D eigenvalue weighted by Gasteiger charge is 2.31. The number of aryl methyl sites for hydroxylation is 2. The van der Waals surface area contributed by atoms with Crippen molar-refractivity contribution in [2.24, 2.45) is 7.05 Å². The Bertz CT molecular complexity index is 688. The largest absolute Gasteiger partial charge is 0.296 e. The van der Waals surface area contributed by atoms with Crippen LogP contribution < -0.4 is 5.32 Å². The van der Waals surface area contributed by atoms with Gasteiger partial charge in [-0.1, -0.05) is 26.0 Å². The van der Waals surface area contributed by atoms with Gasteiger partial charge < -0.3 is 0 Å². The fraction of sp³-hybridized carbons (Fsp3) is 0.438. The Kier molecular flexibility index (Phi) is 4.40. The number of amides is 2. The molecule has 1 fully saturated rings. The summed E-state index contributed by atoms with van der Waals surface area (Å²) in [5.41, 5.74) is 2.94. The van der Waals surface area contributed by atoms with E-state index in [1.807, 2.05) is 40.0 Å². The first kappa shape index (κ1) is 15.2. The predicted molar refractivity (Wildman–Crippen MR) is 81.9 cm³/mol. The molecule has 5 heteroatoms. The summed E-state index contributed by atoms with van der Waals surface area (Å²) in [5, 5.41) is 7.85. The molecule has 0 spiro atoms. The van der Waals surface area contributed by atoms with Gasteiger partial charge in [0.25, 0.3) is 0 Å². The molecule has 21 heavy (non-hydrogen) atoms. The molecule has 1 N–H and O–H groups in total.